The molecular weight excluding hydrogens is 685 g/mol. The highest BCUT2D eigenvalue weighted by atomic mass is 16.3. The molecular formula is C52H44N2O2. The van der Waals surface area contributed by atoms with E-state index < -0.39 is 0 Å². The van der Waals surface area contributed by atoms with Gasteiger partial charge in [-0.05, 0) is 197 Å². The molecule has 0 radical (unpaired) electrons. The van der Waals surface area contributed by atoms with Gasteiger partial charge in [0.25, 0.3) is 0 Å². The highest BCUT2D eigenvalue weighted by Gasteiger charge is 2.29. The first-order valence-electron chi connectivity index (χ1n) is 19.5. The molecule has 0 bridgehead atoms. The summed E-state index contributed by atoms with van der Waals surface area (Å²) in [7, 11) is 0. The van der Waals surface area contributed by atoms with Gasteiger partial charge in [-0.15, -0.1) is 0 Å². The Morgan fingerprint density at radius 1 is 0.304 bits per heavy atom. The van der Waals surface area contributed by atoms with Gasteiger partial charge in [0, 0.05) is 55.4 Å². The molecule has 274 valence electrons. The van der Waals surface area contributed by atoms with E-state index in [1.807, 2.05) is 0 Å². The van der Waals surface area contributed by atoms with E-state index >= 15 is 0 Å². The third-order valence-electron chi connectivity index (χ3n) is 12.3. The fraction of sp³-hybridized carbons (Fsp3) is 0.154. The zero-order valence-electron chi connectivity index (χ0n) is 33.3. The molecule has 0 aliphatic carbocycles. The number of aryl methyl sites for hydroxylation is 8. The van der Waals surface area contributed by atoms with Crippen LogP contribution in [0.2, 0.25) is 0 Å². The lowest BCUT2D eigenvalue weighted by Crippen LogP contribution is -2.12. The molecule has 0 atom stereocenters. The van der Waals surface area contributed by atoms with Crippen LogP contribution in [0.3, 0.4) is 0 Å². The van der Waals surface area contributed by atoms with Crippen LogP contribution in [0.1, 0.15) is 44.5 Å². The van der Waals surface area contributed by atoms with E-state index in [4.69, 9.17) is 8.83 Å². The van der Waals surface area contributed by atoms with Crippen molar-refractivity contribution in [1.82, 2.24) is 0 Å². The zero-order valence-corrected chi connectivity index (χ0v) is 33.3. The monoisotopic (exact) mass is 728 g/mol. The molecule has 56 heavy (non-hydrogen) atoms. The maximum atomic E-state index is 6.90. The van der Waals surface area contributed by atoms with Gasteiger partial charge in [0.1, 0.15) is 22.3 Å². The van der Waals surface area contributed by atoms with E-state index in [1.54, 1.807) is 0 Å². The van der Waals surface area contributed by atoms with Gasteiger partial charge in [-0.2, -0.15) is 0 Å². The Labute approximate surface area is 327 Å². The minimum Gasteiger partial charge on any atom is -0.456 e. The summed E-state index contributed by atoms with van der Waals surface area (Å²) in [5, 5.41) is 4.34. The smallest absolute Gasteiger partial charge is 0.136 e. The van der Waals surface area contributed by atoms with Crippen molar-refractivity contribution in [2.75, 3.05) is 9.80 Å². The van der Waals surface area contributed by atoms with Gasteiger partial charge in [0.15, 0.2) is 0 Å². The number of hydrogen-bond acceptors (Lipinski definition) is 4. The third-order valence-corrected chi connectivity index (χ3v) is 12.3. The van der Waals surface area contributed by atoms with Crippen molar-refractivity contribution in [3.05, 3.63) is 166 Å². The molecule has 0 amide bonds. The van der Waals surface area contributed by atoms with Crippen molar-refractivity contribution in [2.45, 2.75) is 55.4 Å². The van der Waals surface area contributed by atoms with Crippen LogP contribution >= 0.6 is 0 Å². The molecule has 2 heterocycles. The molecule has 0 unspecified atom stereocenters. The first-order valence-corrected chi connectivity index (χ1v) is 19.5. The molecule has 0 aromatic heterocycles. The summed E-state index contributed by atoms with van der Waals surface area (Å²) < 4.78 is 13.8. The average molecular weight is 729 g/mol. The Morgan fingerprint density at radius 2 is 0.607 bits per heavy atom. The van der Waals surface area contributed by atoms with Crippen molar-refractivity contribution in [2.24, 2.45) is 0 Å². The molecule has 8 aromatic carbocycles. The third kappa shape index (κ3) is 5.12. The van der Waals surface area contributed by atoms with E-state index in [2.05, 4.69) is 187 Å². The number of anilines is 6. The number of hydrogen-bond donors (Lipinski definition) is 0. The maximum absolute atomic E-state index is 6.90. The Bertz CT molecular complexity index is 2830. The lowest BCUT2D eigenvalue weighted by atomic mass is 9.89. The van der Waals surface area contributed by atoms with Crippen LogP contribution in [-0.4, -0.2) is 0 Å². The van der Waals surface area contributed by atoms with E-state index in [-0.39, 0.29) is 0 Å². The van der Waals surface area contributed by atoms with E-state index in [9.17, 15) is 0 Å². The van der Waals surface area contributed by atoms with Crippen molar-refractivity contribution in [3.8, 4) is 11.1 Å². The van der Waals surface area contributed by atoms with Crippen LogP contribution in [0.4, 0.5) is 34.1 Å². The van der Waals surface area contributed by atoms with Gasteiger partial charge < -0.3 is 18.6 Å². The van der Waals surface area contributed by atoms with E-state index in [1.165, 1.54) is 44.5 Å². The molecule has 10 rings (SSSR count). The maximum Gasteiger partial charge on any atom is 0.136 e. The van der Waals surface area contributed by atoms with Gasteiger partial charge in [-0.25, -0.2) is 0 Å². The summed E-state index contributed by atoms with van der Waals surface area (Å²) in [4.78, 5) is 4.78. The summed E-state index contributed by atoms with van der Waals surface area (Å²) in [6.45, 7) is 17.4. The highest BCUT2D eigenvalue weighted by Crippen LogP contribution is 2.53. The van der Waals surface area contributed by atoms with Crippen molar-refractivity contribution < 1.29 is 8.83 Å². The van der Waals surface area contributed by atoms with Crippen LogP contribution in [0.5, 0.6) is 0 Å². The van der Waals surface area contributed by atoms with Crippen LogP contribution in [0, 0.1) is 55.4 Å². The predicted octanol–water partition coefficient (Wildman–Crippen LogP) is 15.4. The van der Waals surface area contributed by atoms with Crippen LogP contribution in [0.25, 0.3) is 55.0 Å². The molecule has 2 aliphatic heterocycles. The van der Waals surface area contributed by atoms with E-state index in [0.717, 1.165) is 89.1 Å². The molecule has 0 N–H and O–H groups in total. The first-order chi connectivity index (χ1) is 27.0. The summed E-state index contributed by atoms with van der Waals surface area (Å²) in [6, 6.07) is 44.4. The fourth-order valence-corrected chi connectivity index (χ4v) is 8.54. The molecule has 0 fully saturated rings. The SMILES string of the molecule is Cc1ccc(N(c2ccc(C)c(C)c2)c2ccc3oc4ccc5c(N(c6ccc(C)c(C)c6)c6ccc(C)c(C)c6)ccc6oc7ccc2c3c7-c4c65)cc1C. The molecule has 2 aliphatic rings. The molecule has 0 saturated heterocycles. The summed E-state index contributed by atoms with van der Waals surface area (Å²) in [6.07, 6.45) is 0. The average Bonchev–Trinajstić information content (AvgIpc) is 3.19. The molecule has 4 heteroatoms. The van der Waals surface area contributed by atoms with E-state index in [0.29, 0.717) is 0 Å². The second-order valence-corrected chi connectivity index (χ2v) is 15.8. The Balaban J connectivity index is 1.25. The van der Waals surface area contributed by atoms with Gasteiger partial charge in [-0.3, -0.25) is 0 Å². The minimum atomic E-state index is 0.836. The fourth-order valence-electron chi connectivity index (χ4n) is 8.54. The molecule has 0 spiro atoms. The van der Waals surface area contributed by atoms with Crippen LogP contribution < -0.4 is 9.80 Å². The Hall–Kier alpha value is -6.52. The zero-order chi connectivity index (χ0) is 38.6. The Kier molecular flexibility index (Phi) is 7.59. The van der Waals surface area contributed by atoms with Gasteiger partial charge in [0.2, 0.25) is 0 Å². The number of nitrogens with zero attached hydrogens (tertiary/aromatic N) is 2. The first kappa shape index (κ1) is 34.0. The van der Waals surface area contributed by atoms with Crippen molar-refractivity contribution in [1.29, 1.82) is 0 Å². The second-order valence-electron chi connectivity index (χ2n) is 15.8. The van der Waals surface area contributed by atoms with Crippen LogP contribution in [0.15, 0.2) is 130 Å². The summed E-state index contributed by atoms with van der Waals surface area (Å²) >= 11 is 0. The summed E-state index contributed by atoms with van der Waals surface area (Å²) in [5.74, 6) is 0. The summed E-state index contributed by atoms with van der Waals surface area (Å²) in [5.41, 5.74) is 22.3. The normalized spacial score (nSPS) is 11.9. The van der Waals surface area contributed by atoms with Gasteiger partial charge in [-0.1, -0.05) is 24.3 Å². The lowest BCUT2D eigenvalue weighted by molar-refractivity contribution is 0.646. The molecule has 0 saturated carbocycles. The number of benzene rings is 8. The quantitative estimate of drug-likeness (QED) is 0.126. The molecule has 4 nitrogen and oxygen atoms in total. The van der Waals surface area contributed by atoms with Crippen molar-refractivity contribution >= 4 is 78.0 Å². The largest absolute Gasteiger partial charge is 0.456 e. The van der Waals surface area contributed by atoms with Gasteiger partial charge >= 0.3 is 0 Å². The number of rotatable bonds is 6. The second kappa shape index (κ2) is 12.5. The Morgan fingerprint density at radius 3 is 0.911 bits per heavy atom. The highest BCUT2D eigenvalue weighted by molar-refractivity contribution is 6.26. The topological polar surface area (TPSA) is 32.8 Å². The van der Waals surface area contributed by atoms with Crippen LogP contribution in [-0.2, 0) is 0 Å². The minimum absolute atomic E-state index is 0.836. The predicted molar refractivity (Wildman–Crippen MR) is 236 cm³/mol. The van der Waals surface area contributed by atoms with Gasteiger partial charge in [0.05, 0.1) is 11.4 Å². The standard InChI is InChI=1S/C52H44N2O2/c1-29-9-13-37(25-33(29)5)53(38-14-10-30(2)34(6)26-38)43-19-23-45-49-41(43)17-21-47-51(49)52-48(55-45)22-18-42-44(20-24-46(56-47)50(42)52)54(39-15-11-31(3)35(7)27-39)40-16-12-32(4)36(8)28-40/h9-28H,1-8H3. The van der Waals surface area contributed by atoms with Crippen molar-refractivity contribution in [3.63, 3.8) is 0 Å². The molecule has 8 aromatic rings. The lowest BCUT2D eigenvalue weighted by Gasteiger charge is -2.30.